The van der Waals surface area contributed by atoms with Gasteiger partial charge in [-0.1, -0.05) is 6.07 Å². The molecule has 156 valence electrons. The van der Waals surface area contributed by atoms with Gasteiger partial charge in [-0.05, 0) is 57.6 Å². The van der Waals surface area contributed by atoms with Crippen LogP contribution in [0.15, 0.2) is 41.6 Å². The second-order valence-corrected chi connectivity index (χ2v) is 10.9. The Hall–Kier alpha value is -1.74. The predicted octanol–water partition coefficient (Wildman–Crippen LogP) is 1.91. The Morgan fingerprint density at radius 1 is 1.34 bits per heavy atom. The van der Waals surface area contributed by atoms with E-state index in [1.165, 1.54) is 0 Å². The van der Waals surface area contributed by atoms with Crippen molar-refractivity contribution in [2.75, 3.05) is 33.7 Å². The fourth-order valence-electron chi connectivity index (χ4n) is 5.57. The maximum atomic E-state index is 13.6. The van der Waals surface area contributed by atoms with Crippen LogP contribution in [0, 0.1) is 18.8 Å². The maximum Gasteiger partial charge on any atom is 0.243 e. The molecule has 3 aliphatic rings. The summed E-state index contributed by atoms with van der Waals surface area (Å²) in [5, 5.41) is 4.23. The van der Waals surface area contributed by atoms with Gasteiger partial charge < -0.3 is 9.64 Å². The molecule has 5 rings (SSSR count). The van der Waals surface area contributed by atoms with E-state index in [4.69, 9.17) is 4.74 Å². The fraction of sp³-hybridized carbons (Fsp3) is 0.571. The van der Waals surface area contributed by atoms with E-state index in [-0.39, 0.29) is 17.6 Å². The summed E-state index contributed by atoms with van der Waals surface area (Å²) in [6.07, 6.45) is 5.78. The lowest BCUT2D eigenvalue weighted by atomic mass is 9.73. The minimum Gasteiger partial charge on any atom is -0.370 e. The Bertz CT molecular complexity index is 1020. The molecule has 29 heavy (non-hydrogen) atoms. The normalized spacial score (nSPS) is 31.7. The van der Waals surface area contributed by atoms with Crippen LogP contribution in [0.3, 0.4) is 0 Å². The standard InChI is InChI=1S/C21H28N4O3S/c1-15-5-6-16(25-10-4-9-22-25)11-20(15)29(26,27)24-13-18-17(12-23(2)3)19-7-8-21(18,14-24)28-19/h4-6,9-11,17-19H,7-8,12-14H2,1-3H3/t17-,18+,19+,21+/m0/s1. The zero-order valence-electron chi connectivity index (χ0n) is 17.2. The number of hydrogen-bond acceptors (Lipinski definition) is 5. The molecule has 0 N–H and O–H groups in total. The lowest BCUT2D eigenvalue weighted by Gasteiger charge is -2.31. The van der Waals surface area contributed by atoms with E-state index in [0.717, 1.165) is 30.6 Å². The average molecular weight is 417 g/mol. The van der Waals surface area contributed by atoms with Crippen molar-refractivity contribution in [3.8, 4) is 5.69 Å². The van der Waals surface area contributed by atoms with Crippen LogP contribution in [0.25, 0.3) is 5.69 Å². The molecule has 0 amide bonds. The van der Waals surface area contributed by atoms with Crippen molar-refractivity contribution >= 4 is 10.0 Å². The molecule has 0 radical (unpaired) electrons. The van der Waals surface area contributed by atoms with Crippen molar-refractivity contribution in [3.05, 3.63) is 42.2 Å². The molecular formula is C21H28N4O3S. The minimum atomic E-state index is -3.61. The Balaban J connectivity index is 1.47. The third kappa shape index (κ3) is 2.96. The average Bonchev–Trinajstić information content (AvgIpc) is 3.43. The van der Waals surface area contributed by atoms with Crippen LogP contribution in [-0.4, -0.2) is 72.8 Å². The van der Waals surface area contributed by atoms with Crippen molar-refractivity contribution in [1.82, 2.24) is 19.0 Å². The molecular weight excluding hydrogens is 388 g/mol. The molecule has 1 aromatic heterocycles. The summed E-state index contributed by atoms with van der Waals surface area (Å²) in [7, 11) is 0.543. The number of hydrogen-bond donors (Lipinski definition) is 0. The van der Waals surface area contributed by atoms with Gasteiger partial charge in [0.1, 0.15) is 0 Å². The topological polar surface area (TPSA) is 67.7 Å². The summed E-state index contributed by atoms with van der Waals surface area (Å²) in [5.41, 5.74) is 1.20. The summed E-state index contributed by atoms with van der Waals surface area (Å²) in [4.78, 5) is 2.55. The van der Waals surface area contributed by atoms with Gasteiger partial charge >= 0.3 is 0 Å². The van der Waals surface area contributed by atoms with Crippen molar-refractivity contribution in [2.24, 2.45) is 11.8 Å². The highest BCUT2D eigenvalue weighted by molar-refractivity contribution is 7.89. The first-order chi connectivity index (χ1) is 13.8. The monoisotopic (exact) mass is 416 g/mol. The van der Waals surface area contributed by atoms with Crippen LogP contribution < -0.4 is 0 Å². The van der Waals surface area contributed by atoms with Crippen LogP contribution in [-0.2, 0) is 14.8 Å². The zero-order chi connectivity index (χ0) is 20.4. The van der Waals surface area contributed by atoms with Gasteiger partial charge in [0.05, 0.1) is 22.3 Å². The van der Waals surface area contributed by atoms with Crippen LogP contribution in [0.5, 0.6) is 0 Å². The van der Waals surface area contributed by atoms with Gasteiger partial charge in [0, 0.05) is 43.9 Å². The third-order valence-electron chi connectivity index (χ3n) is 6.89. The van der Waals surface area contributed by atoms with Gasteiger partial charge in [-0.2, -0.15) is 9.40 Å². The Morgan fingerprint density at radius 2 is 2.17 bits per heavy atom. The molecule has 7 nitrogen and oxygen atoms in total. The molecule has 4 atom stereocenters. The molecule has 3 saturated heterocycles. The fourth-order valence-corrected chi connectivity index (χ4v) is 7.33. The lowest BCUT2D eigenvalue weighted by molar-refractivity contribution is 0.00739. The molecule has 4 heterocycles. The SMILES string of the molecule is Cc1ccc(-n2cccn2)cc1S(=O)(=O)N1C[C@@H]2[C@H](CN(C)C)[C@H]3CC[C@]2(C1)O3. The number of sulfonamides is 1. The first-order valence-corrected chi connectivity index (χ1v) is 11.7. The van der Waals surface area contributed by atoms with Gasteiger partial charge in [0.15, 0.2) is 0 Å². The van der Waals surface area contributed by atoms with Crippen LogP contribution >= 0.6 is 0 Å². The highest BCUT2D eigenvalue weighted by atomic mass is 32.2. The van der Waals surface area contributed by atoms with E-state index in [9.17, 15) is 8.42 Å². The Labute approximate surface area is 172 Å². The summed E-state index contributed by atoms with van der Waals surface area (Å²) >= 11 is 0. The van der Waals surface area contributed by atoms with Crippen molar-refractivity contribution < 1.29 is 13.2 Å². The summed E-state index contributed by atoms with van der Waals surface area (Å²) in [6, 6.07) is 7.32. The molecule has 2 aromatic rings. The number of ether oxygens (including phenoxy) is 1. The summed E-state index contributed by atoms with van der Waals surface area (Å²) in [5.74, 6) is 0.670. The number of aryl methyl sites for hydroxylation is 1. The molecule has 8 heteroatoms. The van der Waals surface area contributed by atoms with Gasteiger partial charge in [-0.3, -0.25) is 0 Å². The first-order valence-electron chi connectivity index (χ1n) is 10.2. The molecule has 1 spiro atoms. The van der Waals surface area contributed by atoms with E-state index in [2.05, 4.69) is 24.1 Å². The minimum absolute atomic E-state index is 0.271. The van der Waals surface area contributed by atoms with Crippen molar-refractivity contribution in [2.45, 2.75) is 36.4 Å². The van der Waals surface area contributed by atoms with Crippen molar-refractivity contribution in [3.63, 3.8) is 0 Å². The van der Waals surface area contributed by atoms with E-state index in [0.29, 0.717) is 23.9 Å². The Kier molecular flexibility index (Phi) is 4.40. The molecule has 1 aromatic carbocycles. The number of fused-ring (bicyclic) bond motifs is 1. The number of nitrogens with zero attached hydrogens (tertiary/aromatic N) is 4. The Morgan fingerprint density at radius 3 is 2.90 bits per heavy atom. The highest BCUT2D eigenvalue weighted by Gasteiger charge is 2.64. The molecule has 2 bridgehead atoms. The van der Waals surface area contributed by atoms with Gasteiger partial charge in [-0.15, -0.1) is 0 Å². The largest absolute Gasteiger partial charge is 0.370 e. The molecule has 0 aliphatic carbocycles. The van der Waals surface area contributed by atoms with Gasteiger partial charge in [-0.25, -0.2) is 13.1 Å². The number of rotatable bonds is 5. The van der Waals surface area contributed by atoms with Gasteiger partial charge in [0.2, 0.25) is 10.0 Å². The van der Waals surface area contributed by atoms with E-state index < -0.39 is 10.0 Å². The van der Waals surface area contributed by atoms with Crippen LogP contribution in [0.2, 0.25) is 0 Å². The smallest absolute Gasteiger partial charge is 0.243 e. The quantitative estimate of drug-likeness (QED) is 0.745. The predicted molar refractivity (Wildman–Crippen MR) is 109 cm³/mol. The lowest BCUT2D eigenvalue weighted by Crippen LogP contribution is -2.40. The second kappa shape index (κ2) is 6.63. The third-order valence-corrected chi connectivity index (χ3v) is 8.84. The molecule has 0 unspecified atom stereocenters. The highest BCUT2D eigenvalue weighted by Crippen LogP contribution is 2.55. The zero-order valence-corrected chi connectivity index (χ0v) is 18.0. The van der Waals surface area contributed by atoms with E-state index in [1.54, 1.807) is 21.3 Å². The summed E-state index contributed by atoms with van der Waals surface area (Å²) < 4.78 is 37.1. The van der Waals surface area contributed by atoms with Gasteiger partial charge in [0.25, 0.3) is 0 Å². The van der Waals surface area contributed by atoms with Crippen molar-refractivity contribution in [1.29, 1.82) is 0 Å². The van der Waals surface area contributed by atoms with E-state index >= 15 is 0 Å². The molecule has 3 aliphatic heterocycles. The number of aromatic nitrogens is 2. The van der Waals surface area contributed by atoms with E-state index in [1.807, 2.05) is 31.3 Å². The molecule has 0 saturated carbocycles. The number of benzene rings is 1. The summed E-state index contributed by atoms with van der Waals surface area (Å²) in [6.45, 7) is 3.80. The maximum absolute atomic E-state index is 13.6. The molecule has 3 fully saturated rings. The van der Waals surface area contributed by atoms with Crippen LogP contribution in [0.1, 0.15) is 18.4 Å². The first kappa shape index (κ1) is 19.2. The van der Waals surface area contributed by atoms with Crippen LogP contribution in [0.4, 0.5) is 0 Å². The second-order valence-electron chi connectivity index (χ2n) is 8.99.